The Morgan fingerprint density at radius 1 is 0.976 bits per heavy atom. The van der Waals surface area contributed by atoms with Crippen molar-refractivity contribution >= 4 is 55.3 Å². The van der Waals surface area contributed by atoms with Crippen LogP contribution in [0, 0.1) is 27.2 Å². The van der Waals surface area contributed by atoms with E-state index in [1.165, 1.54) is 24.3 Å². The molecule has 0 unspecified atom stereocenters. The summed E-state index contributed by atoms with van der Waals surface area (Å²) in [6.07, 6.45) is 0. The molecule has 1 N–H and O–H groups in total. The van der Waals surface area contributed by atoms with Crippen LogP contribution in [0.4, 0.5) is 22.7 Å². The molecular formula is C27H26ClN5O7S. The van der Waals surface area contributed by atoms with Crippen molar-refractivity contribution in [3.05, 3.63) is 97.2 Å². The maximum absolute atomic E-state index is 14.5. The van der Waals surface area contributed by atoms with Crippen molar-refractivity contribution in [3.8, 4) is 5.75 Å². The Morgan fingerprint density at radius 3 is 2.32 bits per heavy atom. The number of hydrogen-bond donors (Lipinski definition) is 1. The summed E-state index contributed by atoms with van der Waals surface area (Å²) in [6.45, 7) is 7.16. The summed E-state index contributed by atoms with van der Waals surface area (Å²) in [5.41, 5.74) is -0.793. The number of para-hydroxylation sites is 1. The maximum atomic E-state index is 14.5. The van der Waals surface area contributed by atoms with E-state index >= 15 is 0 Å². The number of phenolic OH excluding ortho intramolecular Hbond substituents is 1. The zero-order valence-electron chi connectivity index (χ0n) is 22.3. The van der Waals surface area contributed by atoms with E-state index in [0.29, 0.717) is 46.8 Å². The normalized spacial score (nSPS) is 11.6. The summed E-state index contributed by atoms with van der Waals surface area (Å²) < 4.78 is 29.8. The Hall–Kier alpha value is -4.33. The van der Waals surface area contributed by atoms with Crippen molar-refractivity contribution in [2.45, 2.75) is 32.2 Å². The fraction of sp³-hybridized carbons (Fsp3) is 0.222. The molecule has 0 fully saturated rings. The first-order valence-electron chi connectivity index (χ1n) is 12.5. The van der Waals surface area contributed by atoms with Crippen LogP contribution < -0.4 is 4.31 Å². The van der Waals surface area contributed by atoms with Crippen LogP contribution in [0.1, 0.15) is 25.1 Å². The highest BCUT2D eigenvalue weighted by Gasteiger charge is 2.39. The van der Waals surface area contributed by atoms with Crippen molar-refractivity contribution in [1.29, 1.82) is 0 Å². The number of halogens is 1. The number of hydrogen-bond acceptors (Lipinski definition) is 9. The van der Waals surface area contributed by atoms with E-state index in [9.17, 15) is 33.8 Å². The lowest BCUT2D eigenvalue weighted by atomic mass is 10.1. The molecule has 0 amide bonds. The van der Waals surface area contributed by atoms with Crippen LogP contribution in [0.25, 0.3) is 10.9 Å². The molecule has 0 saturated heterocycles. The number of nitro benzene ring substituents is 2. The minimum absolute atomic E-state index is 0.0487. The van der Waals surface area contributed by atoms with Gasteiger partial charge < -0.3 is 5.11 Å². The van der Waals surface area contributed by atoms with Gasteiger partial charge in [0.25, 0.3) is 10.0 Å². The molecule has 4 rings (SSSR count). The average Bonchev–Trinajstić information content (AvgIpc) is 2.92. The first-order valence-corrected chi connectivity index (χ1v) is 14.3. The molecular weight excluding hydrogens is 574 g/mol. The summed E-state index contributed by atoms with van der Waals surface area (Å²) >= 11 is 6.18. The van der Waals surface area contributed by atoms with Gasteiger partial charge in [-0.15, -0.1) is 0 Å². The average molecular weight is 600 g/mol. The molecule has 12 nitrogen and oxygen atoms in total. The highest BCUT2D eigenvalue weighted by Crippen LogP contribution is 2.43. The largest absolute Gasteiger partial charge is 0.508 e. The van der Waals surface area contributed by atoms with Crippen LogP contribution in [-0.4, -0.2) is 46.3 Å². The van der Waals surface area contributed by atoms with Crippen LogP contribution in [0.15, 0.2) is 65.6 Å². The van der Waals surface area contributed by atoms with Gasteiger partial charge in [0.15, 0.2) is 4.90 Å². The topological polar surface area (TPSA) is 160 Å². The molecule has 1 heterocycles. The third kappa shape index (κ3) is 5.78. The van der Waals surface area contributed by atoms with E-state index in [4.69, 9.17) is 11.6 Å². The fourth-order valence-electron chi connectivity index (χ4n) is 4.55. The molecule has 0 saturated carbocycles. The Labute approximate surface area is 240 Å². The van der Waals surface area contributed by atoms with Gasteiger partial charge in [0.05, 0.1) is 26.7 Å². The number of pyridine rings is 1. The van der Waals surface area contributed by atoms with Gasteiger partial charge in [-0.05, 0) is 68.5 Å². The van der Waals surface area contributed by atoms with Crippen LogP contribution in [-0.2, 0) is 16.6 Å². The minimum Gasteiger partial charge on any atom is -0.508 e. The number of aromatic nitrogens is 1. The lowest BCUT2D eigenvalue weighted by Crippen LogP contribution is -2.28. The van der Waals surface area contributed by atoms with Crippen molar-refractivity contribution in [3.63, 3.8) is 0 Å². The number of aromatic hydroxyl groups is 1. The summed E-state index contributed by atoms with van der Waals surface area (Å²) in [4.78, 5) is 27.2. The van der Waals surface area contributed by atoms with Gasteiger partial charge in [0, 0.05) is 34.3 Å². The van der Waals surface area contributed by atoms with E-state index in [1.807, 2.05) is 18.7 Å². The third-order valence-electron chi connectivity index (χ3n) is 6.56. The Bertz CT molecular complexity index is 1770. The van der Waals surface area contributed by atoms with E-state index < -0.39 is 36.1 Å². The first kappa shape index (κ1) is 29.6. The monoisotopic (exact) mass is 599 g/mol. The Kier molecular flexibility index (Phi) is 8.42. The van der Waals surface area contributed by atoms with Gasteiger partial charge in [-0.25, -0.2) is 12.7 Å². The van der Waals surface area contributed by atoms with Crippen molar-refractivity contribution in [2.24, 2.45) is 0 Å². The fourth-order valence-corrected chi connectivity index (χ4v) is 6.39. The first-order chi connectivity index (χ1) is 19.4. The van der Waals surface area contributed by atoms with Gasteiger partial charge in [-0.1, -0.05) is 31.5 Å². The second kappa shape index (κ2) is 11.6. The maximum Gasteiger partial charge on any atom is 0.366 e. The molecule has 0 radical (unpaired) electrons. The number of nitrogens with zero attached hydrogens (tertiary/aromatic N) is 5. The van der Waals surface area contributed by atoms with Crippen molar-refractivity contribution in [1.82, 2.24) is 9.88 Å². The van der Waals surface area contributed by atoms with E-state index in [1.54, 1.807) is 25.1 Å². The molecule has 1 aromatic heterocycles. The molecule has 0 bridgehead atoms. The highest BCUT2D eigenvalue weighted by molar-refractivity contribution is 7.93. The molecule has 0 spiro atoms. The predicted octanol–water partition coefficient (Wildman–Crippen LogP) is 6.09. The van der Waals surface area contributed by atoms with Crippen molar-refractivity contribution in [2.75, 3.05) is 17.4 Å². The highest BCUT2D eigenvalue weighted by atomic mass is 35.5. The molecule has 0 atom stereocenters. The van der Waals surface area contributed by atoms with E-state index in [-0.39, 0.29) is 17.1 Å². The quantitative estimate of drug-likeness (QED) is 0.168. The predicted molar refractivity (Wildman–Crippen MR) is 155 cm³/mol. The number of phenols is 1. The molecule has 41 heavy (non-hydrogen) atoms. The number of nitro groups is 2. The second-order valence-electron chi connectivity index (χ2n) is 9.13. The Balaban J connectivity index is 2.10. The molecule has 0 aliphatic carbocycles. The molecule has 4 aromatic rings. The molecule has 0 aliphatic rings. The standard InChI is InChI=1S/C27H26ClN5O7S/c1-4-30(5-2)16-18-14-20(10-12-25(18)34)31(24-13-17(3)29-22-15-19(28)9-11-21(22)24)41(39,40)26-8-6-7-23(32(35)36)27(26)33(37)38/h6-15,34H,4-5,16H2,1-3H3. The van der Waals surface area contributed by atoms with E-state index in [2.05, 4.69) is 4.98 Å². The second-order valence-corrected chi connectivity index (χ2v) is 11.3. The minimum atomic E-state index is -4.90. The molecule has 0 aliphatic heterocycles. The number of aryl methyl sites for hydroxylation is 1. The smallest absolute Gasteiger partial charge is 0.366 e. The molecule has 214 valence electrons. The SMILES string of the molecule is CCN(CC)Cc1cc(N(c2cc(C)nc3cc(Cl)ccc23)S(=O)(=O)c2cccc([N+](=O)[O-])c2[N+](=O)[O-])ccc1O. The summed E-state index contributed by atoms with van der Waals surface area (Å²) in [5.74, 6) is -0.0677. The summed E-state index contributed by atoms with van der Waals surface area (Å²) in [6, 6.07) is 13.3. The zero-order chi connectivity index (χ0) is 30.1. The Morgan fingerprint density at radius 2 is 1.68 bits per heavy atom. The van der Waals surface area contributed by atoms with Gasteiger partial charge in [0.2, 0.25) is 0 Å². The van der Waals surface area contributed by atoms with Crippen molar-refractivity contribution < 1.29 is 23.4 Å². The van der Waals surface area contributed by atoms with Gasteiger partial charge in [-0.3, -0.25) is 30.1 Å². The zero-order valence-corrected chi connectivity index (χ0v) is 23.9. The number of anilines is 2. The van der Waals surface area contributed by atoms with E-state index in [0.717, 1.165) is 22.5 Å². The molecule has 14 heteroatoms. The lowest BCUT2D eigenvalue weighted by molar-refractivity contribution is -0.424. The van der Waals surface area contributed by atoms with Gasteiger partial charge in [-0.2, -0.15) is 0 Å². The van der Waals surface area contributed by atoms with Crippen LogP contribution in [0.5, 0.6) is 5.75 Å². The lowest BCUT2D eigenvalue weighted by Gasteiger charge is -2.27. The van der Waals surface area contributed by atoms with Crippen LogP contribution >= 0.6 is 11.6 Å². The van der Waals surface area contributed by atoms with Gasteiger partial charge >= 0.3 is 11.4 Å². The number of sulfonamides is 1. The van der Waals surface area contributed by atoms with Crippen LogP contribution in [0.2, 0.25) is 5.02 Å². The number of rotatable bonds is 10. The number of fused-ring (bicyclic) bond motifs is 1. The van der Waals surface area contributed by atoms with Gasteiger partial charge in [0.1, 0.15) is 5.75 Å². The third-order valence-corrected chi connectivity index (χ3v) is 8.57. The summed E-state index contributed by atoms with van der Waals surface area (Å²) in [7, 11) is -4.90. The molecule has 3 aromatic carbocycles. The van der Waals surface area contributed by atoms with Crippen LogP contribution in [0.3, 0.4) is 0 Å². The number of benzene rings is 3. The summed E-state index contributed by atoms with van der Waals surface area (Å²) in [5, 5.41) is 35.0.